The summed E-state index contributed by atoms with van der Waals surface area (Å²) in [5, 5.41) is 7.51. The summed E-state index contributed by atoms with van der Waals surface area (Å²) < 4.78 is 7.33. The van der Waals surface area contributed by atoms with Crippen molar-refractivity contribution in [3.63, 3.8) is 0 Å². The van der Waals surface area contributed by atoms with Gasteiger partial charge in [0.05, 0.1) is 35.4 Å². The highest BCUT2D eigenvalue weighted by molar-refractivity contribution is 9.10. The maximum atomic E-state index is 12.0. The molecule has 0 bridgehead atoms. The van der Waals surface area contributed by atoms with Crippen LogP contribution >= 0.6 is 27.5 Å². The van der Waals surface area contributed by atoms with Gasteiger partial charge in [0.2, 0.25) is 5.43 Å². The number of rotatable bonds is 6. The topological polar surface area (TPSA) is 90.3 Å². The maximum Gasteiger partial charge on any atom is 0.308 e. The lowest BCUT2D eigenvalue weighted by atomic mass is 10.2. The van der Waals surface area contributed by atoms with E-state index in [0.29, 0.717) is 21.6 Å². The number of esters is 1. The molecule has 0 unspecified atom stereocenters. The number of ether oxygens (including phenoxy) is 1. The van der Waals surface area contributed by atoms with Crippen molar-refractivity contribution in [2.75, 3.05) is 11.9 Å². The molecular weight excluding hydrogens is 450 g/mol. The fraction of sp³-hybridized carbons (Fsp3) is 0.158. The number of nitrogens with one attached hydrogen (secondary N) is 1. The first-order valence-corrected chi connectivity index (χ1v) is 9.46. The van der Waals surface area contributed by atoms with E-state index in [1.54, 1.807) is 47.1 Å². The SMILES string of the molecule is O=C(COC(=O)CCn1ncc(=O)c2ccccc21)Nc1ccc(Br)cc1Cl. The molecule has 28 heavy (non-hydrogen) atoms. The predicted octanol–water partition coefficient (Wildman–Crippen LogP) is 3.38. The lowest BCUT2D eigenvalue weighted by molar-refractivity contribution is -0.147. The maximum absolute atomic E-state index is 12.0. The third-order valence-corrected chi connectivity index (χ3v) is 4.67. The van der Waals surface area contributed by atoms with E-state index in [1.807, 2.05) is 0 Å². The largest absolute Gasteiger partial charge is 0.456 e. The molecule has 0 radical (unpaired) electrons. The quantitative estimate of drug-likeness (QED) is 0.565. The first-order chi connectivity index (χ1) is 13.4. The van der Waals surface area contributed by atoms with Gasteiger partial charge in [0.1, 0.15) is 0 Å². The molecule has 0 atom stereocenters. The minimum Gasteiger partial charge on any atom is -0.456 e. The number of aryl methyl sites for hydroxylation is 1. The summed E-state index contributed by atoms with van der Waals surface area (Å²) in [7, 11) is 0. The van der Waals surface area contributed by atoms with Gasteiger partial charge in [-0.3, -0.25) is 19.1 Å². The number of amides is 1. The third-order valence-electron chi connectivity index (χ3n) is 3.86. The Morgan fingerprint density at radius 2 is 2.00 bits per heavy atom. The molecule has 0 spiro atoms. The summed E-state index contributed by atoms with van der Waals surface area (Å²) >= 11 is 9.31. The molecule has 1 heterocycles. The van der Waals surface area contributed by atoms with Gasteiger partial charge in [-0.15, -0.1) is 0 Å². The molecule has 0 aliphatic carbocycles. The van der Waals surface area contributed by atoms with Crippen molar-refractivity contribution in [1.82, 2.24) is 9.78 Å². The number of carbonyl (C=O) groups is 2. The molecule has 7 nitrogen and oxygen atoms in total. The third kappa shape index (κ3) is 4.96. The number of carbonyl (C=O) groups excluding carboxylic acids is 2. The van der Waals surface area contributed by atoms with Crippen LogP contribution in [0.3, 0.4) is 0 Å². The van der Waals surface area contributed by atoms with Crippen LogP contribution in [0.25, 0.3) is 10.9 Å². The van der Waals surface area contributed by atoms with Gasteiger partial charge in [-0.05, 0) is 30.3 Å². The van der Waals surface area contributed by atoms with Crippen LogP contribution in [0.1, 0.15) is 6.42 Å². The van der Waals surface area contributed by atoms with Gasteiger partial charge in [0, 0.05) is 9.86 Å². The molecule has 1 amide bonds. The second-order valence-electron chi connectivity index (χ2n) is 5.83. The average Bonchev–Trinajstić information content (AvgIpc) is 2.68. The molecule has 144 valence electrons. The summed E-state index contributed by atoms with van der Waals surface area (Å²) in [6.07, 6.45) is 1.22. The van der Waals surface area contributed by atoms with Crippen LogP contribution in [-0.2, 0) is 20.9 Å². The van der Waals surface area contributed by atoms with Crippen molar-refractivity contribution in [2.45, 2.75) is 13.0 Å². The number of para-hydroxylation sites is 1. The van der Waals surface area contributed by atoms with E-state index in [1.165, 1.54) is 6.20 Å². The van der Waals surface area contributed by atoms with Crippen LogP contribution in [0.4, 0.5) is 5.69 Å². The van der Waals surface area contributed by atoms with Crippen LogP contribution in [0.15, 0.2) is 57.9 Å². The highest BCUT2D eigenvalue weighted by Gasteiger charge is 2.11. The molecule has 0 aliphatic heterocycles. The summed E-state index contributed by atoms with van der Waals surface area (Å²) in [5.41, 5.74) is 0.873. The van der Waals surface area contributed by atoms with Gasteiger partial charge in [-0.1, -0.05) is 39.7 Å². The molecule has 2 aromatic carbocycles. The van der Waals surface area contributed by atoms with Gasteiger partial charge in [-0.2, -0.15) is 5.10 Å². The standard InChI is InChI=1S/C19H15BrClN3O4/c20-12-5-6-15(14(21)9-12)23-18(26)11-28-19(27)7-8-24-16-4-2-1-3-13(16)17(25)10-22-24/h1-6,9-10H,7-8,11H2,(H,23,26). The minimum atomic E-state index is -0.554. The van der Waals surface area contributed by atoms with E-state index in [0.717, 1.165) is 4.47 Å². The molecule has 1 N–H and O–H groups in total. The predicted molar refractivity (Wildman–Crippen MR) is 109 cm³/mol. The normalized spacial score (nSPS) is 10.6. The molecule has 1 aromatic heterocycles. The van der Waals surface area contributed by atoms with Gasteiger partial charge in [0.15, 0.2) is 6.61 Å². The Balaban J connectivity index is 1.53. The zero-order valence-electron chi connectivity index (χ0n) is 14.5. The lowest BCUT2D eigenvalue weighted by Crippen LogP contribution is -2.22. The molecule has 0 aliphatic rings. The van der Waals surface area contributed by atoms with Crippen molar-refractivity contribution in [1.29, 1.82) is 0 Å². The number of hydrogen-bond donors (Lipinski definition) is 1. The van der Waals surface area contributed by atoms with Crippen LogP contribution < -0.4 is 10.7 Å². The molecule has 0 fully saturated rings. The molecule has 9 heteroatoms. The number of nitrogens with zero attached hydrogens (tertiary/aromatic N) is 2. The Labute approximate surface area is 173 Å². The van der Waals surface area contributed by atoms with Crippen LogP contribution in [0, 0.1) is 0 Å². The second-order valence-corrected chi connectivity index (χ2v) is 7.16. The number of halogens is 2. The Hall–Kier alpha value is -2.71. The Kier molecular flexibility index (Phi) is 6.43. The number of fused-ring (bicyclic) bond motifs is 1. The first-order valence-electron chi connectivity index (χ1n) is 8.29. The van der Waals surface area contributed by atoms with Crippen molar-refractivity contribution in [3.05, 3.63) is 68.4 Å². The summed E-state index contributed by atoms with van der Waals surface area (Å²) in [5.74, 6) is -1.05. The van der Waals surface area contributed by atoms with E-state index in [-0.39, 0.29) is 18.4 Å². The minimum absolute atomic E-state index is 0.00614. The van der Waals surface area contributed by atoms with Gasteiger partial charge >= 0.3 is 5.97 Å². The first kappa shape index (κ1) is 20.0. The van der Waals surface area contributed by atoms with E-state index in [4.69, 9.17) is 16.3 Å². The number of aromatic nitrogens is 2. The number of benzene rings is 2. The summed E-state index contributed by atoms with van der Waals surface area (Å²) in [6, 6.07) is 12.0. The highest BCUT2D eigenvalue weighted by atomic mass is 79.9. The fourth-order valence-electron chi connectivity index (χ4n) is 2.53. The van der Waals surface area contributed by atoms with Gasteiger partial charge in [-0.25, -0.2) is 0 Å². The lowest BCUT2D eigenvalue weighted by Gasteiger charge is -2.10. The zero-order chi connectivity index (χ0) is 20.1. The molecule has 3 aromatic rings. The van der Waals surface area contributed by atoms with Crippen LogP contribution in [0.5, 0.6) is 0 Å². The second kappa shape index (κ2) is 8.99. The summed E-state index contributed by atoms with van der Waals surface area (Å²) in [6.45, 7) is -0.205. The van der Waals surface area contributed by atoms with Crippen molar-refractivity contribution >= 4 is 56.0 Å². The zero-order valence-corrected chi connectivity index (χ0v) is 16.9. The smallest absolute Gasteiger partial charge is 0.308 e. The van der Waals surface area contributed by atoms with E-state index in [2.05, 4.69) is 26.3 Å². The van der Waals surface area contributed by atoms with E-state index < -0.39 is 18.5 Å². The van der Waals surface area contributed by atoms with E-state index >= 15 is 0 Å². The fourth-order valence-corrected chi connectivity index (χ4v) is 3.25. The van der Waals surface area contributed by atoms with Crippen LogP contribution in [0.2, 0.25) is 5.02 Å². The molecule has 3 rings (SSSR count). The van der Waals surface area contributed by atoms with Crippen molar-refractivity contribution in [2.24, 2.45) is 0 Å². The monoisotopic (exact) mass is 463 g/mol. The summed E-state index contributed by atoms with van der Waals surface area (Å²) in [4.78, 5) is 35.7. The highest BCUT2D eigenvalue weighted by Crippen LogP contribution is 2.25. The number of hydrogen-bond acceptors (Lipinski definition) is 5. The molecule has 0 saturated carbocycles. The number of anilines is 1. The van der Waals surface area contributed by atoms with Crippen molar-refractivity contribution in [3.8, 4) is 0 Å². The van der Waals surface area contributed by atoms with E-state index in [9.17, 15) is 14.4 Å². The Morgan fingerprint density at radius 1 is 1.21 bits per heavy atom. The average molecular weight is 465 g/mol. The Morgan fingerprint density at radius 3 is 2.79 bits per heavy atom. The Bertz CT molecular complexity index is 1100. The molecule has 0 saturated heterocycles. The van der Waals surface area contributed by atoms with Crippen molar-refractivity contribution < 1.29 is 14.3 Å². The van der Waals surface area contributed by atoms with Crippen LogP contribution in [-0.4, -0.2) is 28.3 Å². The van der Waals surface area contributed by atoms with Gasteiger partial charge < -0.3 is 10.1 Å². The molecular formula is C19H15BrClN3O4. The van der Waals surface area contributed by atoms with Gasteiger partial charge in [0.25, 0.3) is 5.91 Å².